The monoisotopic (exact) mass is 385 g/mol. The van der Waals surface area contributed by atoms with Crippen LogP contribution in [-0.2, 0) is 11.2 Å². The standard InChI is InChI=1S/C16H14BrCl2NO/c1-10(11-5-7-12(17)8-6-11)20-16(21)9-13-14(18)3-2-4-15(13)19/h2-8,10H,9H2,1H3,(H,20,21)/t10-/m1/s1. The molecule has 2 aromatic carbocycles. The number of amides is 1. The van der Waals surface area contributed by atoms with Gasteiger partial charge < -0.3 is 5.32 Å². The highest BCUT2D eigenvalue weighted by Crippen LogP contribution is 2.25. The van der Waals surface area contributed by atoms with Gasteiger partial charge >= 0.3 is 0 Å². The molecule has 0 fully saturated rings. The zero-order chi connectivity index (χ0) is 15.4. The Kier molecular flexibility index (Phi) is 5.68. The van der Waals surface area contributed by atoms with Gasteiger partial charge in [-0.15, -0.1) is 0 Å². The van der Waals surface area contributed by atoms with E-state index in [2.05, 4.69) is 21.2 Å². The number of rotatable bonds is 4. The SMILES string of the molecule is C[C@@H](NC(=O)Cc1c(Cl)cccc1Cl)c1ccc(Br)cc1. The van der Waals surface area contributed by atoms with Crippen LogP contribution in [-0.4, -0.2) is 5.91 Å². The second-order valence-electron chi connectivity index (χ2n) is 4.72. The van der Waals surface area contributed by atoms with Crippen LogP contribution in [0.25, 0.3) is 0 Å². The minimum atomic E-state index is -0.111. The lowest BCUT2D eigenvalue weighted by Crippen LogP contribution is -2.28. The Balaban J connectivity index is 2.03. The first kappa shape index (κ1) is 16.3. The first-order chi connectivity index (χ1) is 9.97. The Hall–Kier alpha value is -1.03. The third kappa shape index (κ3) is 4.47. The molecule has 0 aliphatic rings. The largest absolute Gasteiger partial charge is 0.349 e. The first-order valence-corrected chi connectivity index (χ1v) is 8.00. The van der Waals surface area contributed by atoms with E-state index in [0.717, 1.165) is 10.0 Å². The maximum atomic E-state index is 12.1. The molecule has 1 N–H and O–H groups in total. The molecule has 0 aromatic heterocycles. The van der Waals surface area contributed by atoms with Crippen LogP contribution in [0.1, 0.15) is 24.1 Å². The van der Waals surface area contributed by atoms with Crippen LogP contribution in [0, 0.1) is 0 Å². The molecule has 0 aliphatic carbocycles. The number of nitrogens with one attached hydrogen (secondary N) is 1. The van der Waals surface area contributed by atoms with E-state index in [1.807, 2.05) is 31.2 Å². The first-order valence-electron chi connectivity index (χ1n) is 6.45. The lowest BCUT2D eigenvalue weighted by Gasteiger charge is -2.15. The molecular formula is C16H14BrCl2NO. The van der Waals surface area contributed by atoms with Gasteiger partial charge in [0.1, 0.15) is 0 Å². The summed E-state index contributed by atoms with van der Waals surface area (Å²) in [7, 11) is 0. The van der Waals surface area contributed by atoms with Gasteiger partial charge in [-0.2, -0.15) is 0 Å². The summed E-state index contributed by atoms with van der Waals surface area (Å²) in [5, 5.41) is 3.96. The molecule has 21 heavy (non-hydrogen) atoms. The zero-order valence-electron chi connectivity index (χ0n) is 11.4. The molecule has 0 bridgehead atoms. The van der Waals surface area contributed by atoms with Crippen molar-refractivity contribution in [3.63, 3.8) is 0 Å². The Morgan fingerprint density at radius 2 is 1.71 bits per heavy atom. The van der Waals surface area contributed by atoms with Crippen molar-refractivity contribution in [2.75, 3.05) is 0 Å². The summed E-state index contributed by atoms with van der Waals surface area (Å²) in [5.41, 5.74) is 1.69. The number of benzene rings is 2. The van der Waals surface area contributed by atoms with Crippen molar-refractivity contribution < 1.29 is 4.79 Å². The fraction of sp³-hybridized carbons (Fsp3) is 0.188. The Labute approximate surface area is 142 Å². The minimum Gasteiger partial charge on any atom is -0.349 e. The summed E-state index contributed by atoms with van der Waals surface area (Å²) in [6.45, 7) is 1.94. The van der Waals surface area contributed by atoms with E-state index < -0.39 is 0 Å². The fourth-order valence-electron chi connectivity index (χ4n) is 1.99. The van der Waals surface area contributed by atoms with Gasteiger partial charge in [-0.1, -0.05) is 57.3 Å². The van der Waals surface area contributed by atoms with Crippen LogP contribution in [0.3, 0.4) is 0 Å². The van der Waals surface area contributed by atoms with E-state index in [4.69, 9.17) is 23.2 Å². The average molecular weight is 387 g/mol. The van der Waals surface area contributed by atoms with Gasteiger partial charge in [-0.3, -0.25) is 4.79 Å². The molecule has 0 saturated carbocycles. The summed E-state index contributed by atoms with van der Waals surface area (Å²) >= 11 is 15.5. The van der Waals surface area contributed by atoms with Crippen molar-refractivity contribution in [3.8, 4) is 0 Å². The van der Waals surface area contributed by atoms with Crippen molar-refractivity contribution in [1.29, 1.82) is 0 Å². The molecule has 0 spiro atoms. The van der Waals surface area contributed by atoms with Gasteiger partial charge in [-0.05, 0) is 42.3 Å². The molecule has 1 atom stereocenters. The number of carbonyl (C=O) groups excluding carboxylic acids is 1. The maximum absolute atomic E-state index is 12.1. The van der Waals surface area contributed by atoms with Gasteiger partial charge in [0.25, 0.3) is 0 Å². The van der Waals surface area contributed by atoms with Gasteiger partial charge in [0, 0.05) is 14.5 Å². The molecule has 2 aromatic rings. The molecule has 0 unspecified atom stereocenters. The molecule has 0 saturated heterocycles. The zero-order valence-corrected chi connectivity index (χ0v) is 14.5. The fourth-order valence-corrected chi connectivity index (χ4v) is 2.78. The molecule has 1 amide bonds. The van der Waals surface area contributed by atoms with Crippen LogP contribution in [0.2, 0.25) is 10.0 Å². The van der Waals surface area contributed by atoms with E-state index in [0.29, 0.717) is 15.6 Å². The van der Waals surface area contributed by atoms with Gasteiger partial charge in [0.2, 0.25) is 5.91 Å². The van der Waals surface area contributed by atoms with Crippen molar-refractivity contribution >= 4 is 45.0 Å². The number of hydrogen-bond donors (Lipinski definition) is 1. The maximum Gasteiger partial charge on any atom is 0.225 e. The van der Waals surface area contributed by atoms with Crippen LogP contribution in [0.4, 0.5) is 0 Å². The molecule has 2 rings (SSSR count). The van der Waals surface area contributed by atoms with E-state index >= 15 is 0 Å². The van der Waals surface area contributed by atoms with Crippen LogP contribution in [0.5, 0.6) is 0 Å². The third-order valence-electron chi connectivity index (χ3n) is 3.15. The van der Waals surface area contributed by atoms with E-state index in [-0.39, 0.29) is 18.4 Å². The van der Waals surface area contributed by atoms with Crippen molar-refractivity contribution in [2.45, 2.75) is 19.4 Å². The summed E-state index contributed by atoms with van der Waals surface area (Å²) < 4.78 is 1.01. The molecule has 0 heterocycles. The lowest BCUT2D eigenvalue weighted by atomic mass is 10.1. The smallest absolute Gasteiger partial charge is 0.225 e. The van der Waals surface area contributed by atoms with Crippen LogP contribution < -0.4 is 5.32 Å². The predicted molar refractivity (Wildman–Crippen MR) is 90.9 cm³/mol. The molecular weight excluding hydrogens is 373 g/mol. The highest BCUT2D eigenvalue weighted by atomic mass is 79.9. The van der Waals surface area contributed by atoms with Crippen LogP contribution in [0.15, 0.2) is 46.9 Å². The normalized spacial score (nSPS) is 12.0. The quantitative estimate of drug-likeness (QED) is 0.770. The number of carbonyl (C=O) groups is 1. The predicted octanol–water partition coefficient (Wildman–Crippen LogP) is 5.18. The third-order valence-corrected chi connectivity index (χ3v) is 4.38. The number of hydrogen-bond acceptors (Lipinski definition) is 1. The Bertz CT molecular complexity index is 623. The molecule has 0 radical (unpaired) electrons. The second kappa shape index (κ2) is 7.30. The van der Waals surface area contributed by atoms with Gasteiger partial charge in [0.15, 0.2) is 0 Å². The summed E-state index contributed by atoms with van der Waals surface area (Å²) in [6.07, 6.45) is 0.166. The molecule has 110 valence electrons. The Morgan fingerprint density at radius 1 is 1.14 bits per heavy atom. The summed E-state index contributed by atoms with van der Waals surface area (Å²) in [5.74, 6) is -0.111. The minimum absolute atomic E-state index is 0.0770. The van der Waals surface area contributed by atoms with Crippen molar-refractivity contribution in [2.24, 2.45) is 0 Å². The van der Waals surface area contributed by atoms with Gasteiger partial charge in [-0.25, -0.2) is 0 Å². The lowest BCUT2D eigenvalue weighted by molar-refractivity contribution is -0.121. The van der Waals surface area contributed by atoms with Gasteiger partial charge in [0.05, 0.1) is 12.5 Å². The average Bonchev–Trinajstić information content (AvgIpc) is 2.43. The molecule has 0 aliphatic heterocycles. The number of halogens is 3. The molecule has 5 heteroatoms. The van der Waals surface area contributed by atoms with E-state index in [1.165, 1.54) is 0 Å². The molecule has 2 nitrogen and oxygen atoms in total. The van der Waals surface area contributed by atoms with E-state index in [9.17, 15) is 4.79 Å². The van der Waals surface area contributed by atoms with Crippen molar-refractivity contribution in [3.05, 3.63) is 68.1 Å². The van der Waals surface area contributed by atoms with Crippen LogP contribution >= 0.6 is 39.1 Å². The summed E-state index contributed by atoms with van der Waals surface area (Å²) in [6, 6.07) is 13.0. The van der Waals surface area contributed by atoms with Crippen molar-refractivity contribution in [1.82, 2.24) is 5.32 Å². The van der Waals surface area contributed by atoms with E-state index in [1.54, 1.807) is 18.2 Å². The highest BCUT2D eigenvalue weighted by Gasteiger charge is 2.13. The Morgan fingerprint density at radius 3 is 2.29 bits per heavy atom. The summed E-state index contributed by atoms with van der Waals surface area (Å²) in [4.78, 5) is 12.1. The highest BCUT2D eigenvalue weighted by molar-refractivity contribution is 9.10. The second-order valence-corrected chi connectivity index (χ2v) is 6.45. The topological polar surface area (TPSA) is 29.1 Å².